The highest BCUT2D eigenvalue weighted by Gasteiger charge is 2.09. The van der Waals surface area contributed by atoms with Crippen LogP contribution in [0.3, 0.4) is 0 Å². The SMILES string of the molecule is CCNC(=NCCCc1nc(C)no1)NCCCN1CCOCC1.I. The van der Waals surface area contributed by atoms with Gasteiger partial charge in [-0.05, 0) is 33.2 Å². The number of nitrogens with zero attached hydrogens (tertiary/aromatic N) is 4. The fraction of sp³-hybridized carbons (Fsp3) is 0.812. The summed E-state index contributed by atoms with van der Waals surface area (Å²) < 4.78 is 10.5. The molecule has 0 spiro atoms. The summed E-state index contributed by atoms with van der Waals surface area (Å²) in [5, 5.41) is 10.5. The van der Waals surface area contributed by atoms with Crippen LogP contribution < -0.4 is 10.6 Å². The Hall–Kier alpha value is -0.940. The topological polar surface area (TPSA) is 87.8 Å². The van der Waals surface area contributed by atoms with E-state index in [4.69, 9.17) is 9.26 Å². The Labute approximate surface area is 167 Å². The largest absolute Gasteiger partial charge is 0.379 e. The third kappa shape index (κ3) is 9.36. The van der Waals surface area contributed by atoms with Gasteiger partial charge in [0.2, 0.25) is 5.89 Å². The van der Waals surface area contributed by atoms with Gasteiger partial charge in [0.15, 0.2) is 11.8 Å². The van der Waals surface area contributed by atoms with Gasteiger partial charge >= 0.3 is 0 Å². The number of nitrogens with one attached hydrogen (secondary N) is 2. The molecule has 2 rings (SSSR count). The lowest BCUT2D eigenvalue weighted by atomic mass is 10.3. The molecule has 1 aliphatic heterocycles. The van der Waals surface area contributed by atoms with Gasteiger partial charge in [0, 0.05) is 39.1 Å². The molecule has 0 radical (unpaired) electrons. The summed E-state index contributed by atoms with van der Waals surface area (Å²) in [5.74, 6) is 2.25. The Morgan fingerprint density at radius 3 is 2.72 bits per heavy atom. The van der Waals surface area contributed by atoms with Crippen molar-refractivity contribution in [1.29, 1.82) is 0 Å². The molecule has 1 aliphatic rings. The highest BCUT2D eigenvalue weighted by Crippen LogP contribution is 2.00. The average Bonchev–Trinajstić information content (AvgIpc) is 3.01. The maximum absolute atomic E-state index is 5.36. The fourth-order valence-corrected chi connectivity index (χ4v) is 2.54. The number of guanidine groups is 1. The number of hydrogen-bond acceptors (Lipinski definition) is 6. The molecule has 1 fully saturated rings. The van der Waals surface area contributed by atoms with Crippen LogP contribution in [0, 0.1) is 6.92 Å². The molecule has 0 unspecified atom stereocenters. The zero-order chi connectivity index (χ0) is 17.0. The number of aromatic nitrogens is 2. The van der Waals surface area contributed by atoms with Gasteiger partial charge in [-0.1, -0.05) is 5.16 Å². The highest BCUT2D eigenvalue weighted by molar-refractivity contribution is 14.0. The molecular weight excluding hydrogens is 435 g/mol. The van der Waals surface area contributed by atoms with Gasteiger partial charge in [0.1, 0.15) is 0 Å². The number of aryl methyl sites for hydroxylation is 2. The van der Waals surface area contributed by atoms with E-state index < -0.39 is 0 Å². The molecule has 0 aliphatic carbocycles. The summed E-state index contributed by atoms with van der Waals surface area (Å²) in [6, 6.07) is 0. The molecule has 0 saturated carbocycles. The second-order valence-corrected chi connectivity index (χ2v) is 5.83. The maximum Gasteiger partial charge on any atom is 0.226 e. The van der Waals surface area contributed by atoms with Crippen LogP contribution in [0.2, 0.25) is 0 Å². The molecule has 8 nitrogen and oxygen atoms in total. The van der Waals surface area contributed by atoms with E-state index in [0.29, 0.717) is 11.7 Å². The van der Waals surface area contributed by atoms with Crippen molar-refractivity contribution in [3.8, 4) is 0 Å². The Morgan fingerprint density at radius 2 is 2.04 bits per heavy atom. The smallest absolute Gasteiger partial charge is 0.226 e. The molecule has 1 saturated heterocycles. The maximum atomic E-state index is 5.36. The number of aliphatic imine (C=N–C) groups is 1. The molecule has 0 bridgehead atoms. The minimum atomic E-state index is 0. The summed E-state index contributed by atoms with van der Waals surface area (Å²) >= 11 is 0. The first-order chi connectivity index (χ1) is 11.8. The molecule has 144 valence electrons. The van der Waals surface area contributed by atoms with Crippen LogP contribution in [0.4, 0.5) is 0 Å². The van der Waals surface area contributed by atoms with Crippen LogP contribution in [0.5, 0.6) is 0 Å². The number of halogens is 1. The Morgan fingerprint density at radius 1 is 1.24 bits per heavy atom. The van der Waals surface area contributed by atoms with Crippen molar-refractivity contribution < 1.29 is 9.26 Å². The first kappa shape index (κ1) is 22.1. The Bertz CT molecular complexity index is 491. The van der Waals surface area contributed by atoms with Gasteiger partial charge in [-0.25, -0.2) is 0 Å². The molecule has 2 heterocycles. The van der Waals surface area contributed by atoms with E-state index in [1.807, 2.05) is 6.92 Å². The fourth-order valence-electron chi connectivity index (χ4n) is 2.54. The number of ether oxygens (including phenoxy) is 1. The van der Waals surface area contributed by atoms with Crippen molar-refractivity contribution in [2.45, 2.75) is 33.1 Å². The van der Waals surface area contributed by atoms with Crippen molar-refractivity contribution in [1.82, 2.24) is 25.7 Å². The third-order valence-corrected chi connectivity index (χ3v) is 3.78. The van der Waals surface area contributed by atoms with Crippen molar-refractivity contribution >= 4 is 29.9 Å². The van der Waals surface area contributed by atoms with Gasteiger partial charge in [-0.2, -0.15) is 4.98 Å². The highest BCUT2D eigenvalue weighted by atomic mass is 127. The van der Waals surface area contributed by atoms with E-state index in [1.165, 1.54) is 0 Å². The van der Waals surface area contributed by atoms with Gasteiger partial charge in [-0.15, -0.1) is 24.0 Å². The third-order valence-electron chi connectivity index (χ3n) is 3.78. The van der Waals surface area contributed by atoms with Gasteiger partial charge in [0.05, 0.1) is 13.2 Å². The normalized spacial score (nSPS) is 15.7. The summed E-state index contributed by atoms with van der Waals surface area (Å²) in [6.07, 6.45) is 2.76. The van der Waals surface area contributed by atoms with E-state index in [2.05, 4.69) is 37.6 Å². The predicted octanol–water partition coefficient (Wildman–Crippen LogP) is 1.21. The van der Waals surface area contributed by atoms with E-state index >= 15 is 0 Å². The first-order valence-corrected chi connectivity index (χ1v) is 8.89. The second-order valence-electron chi connectivity index (χ2n) is 5.83. The van der Waals surface area contributed by atoms with Crippen molar-refractivity contribution in [3.63, 3.8) is 0 Å². The Kier molecular flexibility index (Phi) is 11.7. The lowest BCUT2D eigenvalue weighted by Gasteiger charge is -2.26. The van der Waals surface area contributed by atoms with Crippen LogP contribution in [0.1, 0.15) is 31.5 Å². The van der Waals surface area contributed by atoms with Crippen LogP contribution in [0.15, 0.2) is 9.52 Å². The van der Waals surface area contributed by atoms with Crippen molar-refractivity contribution in [3.05, 3.63) is 11.7 Å². The molecule has 9 heteroatoms. The summed E-state index contributed by atoms with van der Waals surface area (Å²) in [7, 11) is 0. The van der Waals surface area contributed by atoms with Gasteiger partial charge in [-0.3, -0.25) is 9.89 Å². The molecule has 0 amide bonds. The van der Waals surface area contributed by atoms with Crippen LogP contribution in [0.25, 0.3) is 0 Å². The second kappa shape index (κ2) is 13.3. The van der Waals surface area contributed by atoms with Crippen LogP contribution in [-0.2, 0) is 11.2 Å². The zero-order valence-corrected chi connectivity index (χ0v) is 17.6. The van der Waals surface area contributed by atoms with Crippen LogP contribution >= 0.6 is 24.0 Å². The minimum absolute atomic E-state index is 0. The van der Waals surface area contributed by atoms with Crippen LogP contribution in [-0.4, -0.2) is 73.5 Å². The quantitative estimate of drug-likeness (QED) is 0.245. The average molecular weight is 466 g/mol. The van der Waals surface area contributed by atoms with Crippen molar-refractivity contribution in [2.75, 3.05) is 52.5 Å². The number of morpholine rings is 1. The zero-order valence-electron chi connectivity index (χ0n) is 15.3. The standard InChI is InChI=1S/C16H30N6O2.HI/c1-3-17-16(18-7-4-6-15-20-14(2)21-24-15)19-8-5-9-22-10-12-23-13-11-22;/h3-13H2,1-2H3,(H2,17,18,19);1H. The molecule has 2 N–H and O–H groups in total. The molecule has 1 aromatic rings. The molecule has 1 aromatic heterocycles. The molecule has 25 heavy (non-hydrogen) atoms. The van der Waals surface area contributed by atoms with E-state index in [9.17, 15) is 0 Å². The first-order valence-electron chi connectivity index (χ1n) is 8.89. The van der Waals surface area contributed by atoms with Crippen molar-refractivity contribution in [2.24, 2.45) is 4.99 Å². The Balaban J connectivity index is 0.00000312. The predicted molar refractivity (Wildman–Crippen MR) is 109 cm³/mol. The minimum Gasteiger partial charge on any atom is -0.379 e. The molecular formula is C16H31IN6O2. The monoisotopic (exact) mass is 466 g/mol. The number of rotatable bonds is 9. The lowest BCUT2D eigenvalue weighted by molar-refractivity contribution is 0.0376. The van der Waals surface area contributed by atoms with E-state index in [0.717, 1.165) is 77.7 Å². The summed E-state index contributed by atoms with van der Waals surface area (Å²) in [4.78, 5) is 11.2. The number of hydrogen-bond donors (Lipinski definition) is 2. The molecule has 0 atom stereocenters. The lowest BCUT2D eigenvalue weighted by Crippen LogP contribution is -2.40. The van der Waals surface area contributed by atoms with Gasteiger partial charge < -0.3 is 19.9 Å². The summed E-state index contributed by atoms with van der Waals surface area (Å²) in [6.45, 7) is 11.3. The van der Waals surface area contributed by atoms with E-state index in [-0.39, 0.29) is 24.0 Å². The van der Waals surface area contributed by atoms with Gasteiger partial charge in [0.25, 0.3) is 0 Å². The molecule has 0 aromatic carbocycles. The van der Waals surface area contributed by atoms with E-state index in [1.54, 1.807) is 0 Å². The summed E-state index contributed by atoms with van der Waals surface area (Å²) in [5.41, 5.74) is 0.